The van der Waals surface area contributed by atoms with E-state index in [0.29, 0.717) is 19.5 Å². The molecule has 3 amide bonds. The Morgan fingerprint density at radius 2 is 1.90 bits per heavy atom. The van der Waals surface area contributed by atoms with Crippen LogP contribution in [0.2, 0.25) is 0 Å². The molecule has 0 radical (unpaired) electrons. The molecule has 1 fully saturated rings. The van der Waals surface area contributed by atoms with E-state index in [1.807, 2.05) is 0 Å². The second-order valence-corrected chi connectivity index (χ2v) is 5.03. The highest BCUT2D eigenvalue weighted by Gasteiger charge is 2.30. The lowest BCUT2D eigenvalue weighted by Crippen LogP contribution is -2.44. The number of carbonyl (C=O) groups excluding carboxylic acids is 2. The molecular weight excluding hydrogens is 262 g/mol. The first-order valence-corrected chi connectivity index (χ1v) is 7.05. The molecule has 2 atom stereocenters. The fourth-order valence-electron chi connectivity index (χ4n) is 2.52. The molecule has 1 saturated carbocycles. The van der Waals surface area contributed by atoms with Gasteiger partial charge in [-0.1, -0.05) is 12.8 Å². The van der Waals surface area contributed by atoms with E-state index in [0.717, 1.165) is 19.3 Å². The summed E-state index contributed by atoms with van der Waals surface area (Å²) in [4.78, 5) is 33.7. The highest BCUT2D eigenvalue weighted by atomic mass is 16.4. The number of rotatable bonds is 6. The van der Waals surface area contributed by atoms with E-state index in [2.05, 4.69) is 16.0 Å². The van der Waals surface area contributed by atoms with Crippen LogP contribution >= 0.6 is 0 Å². The maximum Gasteiger partial charge on any atom is 0.321 e. The molecule has 7 nitrogen and oxygen atoms in total. The van der Waals surface area contributed by atoms with Crippen molar-refractivity contribution in [3.05, 3.63) is 0 Å². The first-order valence-electron chi connectivity index (χ1n) is 7.05. The van der Waals surface area contributed by atoms with Crippen LogP contribution in [-0.2, 0) is 9.59 Å². The van der Waals surface area contributed by atoms with Crippen molar-refractivity contribution in [2.24, 2.45) is 11.8 Å². The Hall–Kier alpha value is -1.63. The summed E-state index contributed by atoms with van der Waals surface area (Å²) < 4.78 is 0. The normalized spacial score (nSPS) is 22.1. The summed E-state index contributed by atoms with van der Waals surface area (Å²) in [6.45, 7) is 2.71. The van der Waals surface area contributed by atoms with Gasteiger partial charge >= 0.3 is 12.0 Å². The summed E-state index contributed by atoms with van der Waals surface area (Å²) in [7, 11) is 0. The SMILES string of the molecule is CCNC(=O)NC(=O)CNCC1CCCCC1C(=O)O. The van der Waals surface area contributed by atoms with Crippen molar-refractivity contribution >= 4 is 17.9 Å². The molecule has 1 aliphatic rings. The summed E-state index contributed by atoms with van der Waals surface area (Å²) in [5.74, 6) is -1.46. The molecule has 0 aromatic heterocycles. The van der Waals surface area contributed by atoms with Crippen LogP contribution in [0.3, 0.4) is 0 Å². The van der Waals surface area contributed by atoms with Gasteiger partial charge < -0.3 is 15.7 Å². The van der Waals surface area contributed by atoms with Crippen molar-refractivity contribution in [1.82, 2.24) is 16.0 Å². The van der Waals surface area contributed by atoms with Gasteiger partial charge in [0.15, 0.2) is 0 Å². The number of urea groups is 1. The number of amides is 3. The average molecular weight is 285 g/mol. The molecule has 0 bridgehead atoms. The Kier molecular flexibility index (Phi) is 7.00. The minimum Gasteiger partial charge on any atom is -0.481 e. The number of carboxylic acids is 1. The first-order chi connectivity index (χ1) is 9.54. The zero-order chi connectivity index (χ0) is 15.0. The van der Waals surface area contributed by atoms with Crippen LogP contribution in [0.1, 0.15) is 32.6 Å². The van der Waals surface area contributed by atoms with Crippen LogP contribution in [0.15, 0.2) is 0 Å². The second-order valence-electron chi connectivity index (χ2n) is 5.03. The first kappa shape index (κ1) is 16.4. The van der Waals surface area contributed by atoms with Gasteiger partial charge in [0.25, 0.3) is 0 Å². The van der Waals surface area contributed by atoms with Crippen molar-refractivity contribution in [3.8, 4) is 0 Å². The van der Waals surface area contributed by atoms with Gasteiger partial charge in [0, 0.05) is 6.54 Å². The Morgan fingerprint density at radius 1 is 1.20 bits per heavy atom. The van der Waals surface area contributed by atoms with Crippen molar-refractivity contribution in [1.29, 1.82) is 0 Å². The average Bonchev–Trinajstić information content (AvgIpc) is 2.39. The molecule has 4 N–H and O–H groups in total. The molecule has 2 unspecified atom stereocenters. The van der Waals surface area contributed by atoms with Gasteiger partial charge in [-0.05, 0) is 32.2 Å². The maximum absolute atomic E-state index is 11.4. The lowest BCUT2D eigenvalue weighted by molar-refractivity contribution is -0.144. The summed E-state index contributed by atoms with van der Waals surface area (Å²) in [6, 6.07) is -0.514. The minimum absolute atomic E-state index is 0.0139. The van der Waals surface area contributed by atoms with E-state index in [4.69, 9.17) is 5.11 Å². The summed E-state index contributed by atoms with van der Waals surface area (Å²) in [5.41, 5.74) is 0. The molecule has 0 spiro atoms. The lowest BCUT2D eigenvalue weighted by Gasteiger charge is -2.28. The van der Waals surface area contributed by atoms with Gasteiger partial charge in [0.1, 0.15) is 0 Å². The third-order valence-corrected chi connectivity index (χ3v) is 3.51. The Balaban J connectivity index is 2.26. The number of carbonyl (C=O) groups is 3. The standard InChI is InChI=1S/C13H23N3O4/c1-2-15-13(20)16-11(17)8-14-7-9-5-3-4-6-10(9)12(18)19/h9-10,14H,2-8H2,1H3,(H,18,19)(H2,15,16,17,20). The molecule has 20 heavy (non-hydrogen) atoms. The number of imide groups is 1. The molecule has 7 heteroatoms. The zero-order valence-corrected chi connectivity index (χ0v) is 11.8. The second kappa shape index (κ2) is 8.52. The minimum atomic E-state index is -0.761. The fourth-order valence-corrected chi connectivity index (χ4v) is 2.52. The van der Waals surface area contributed by atoms with Crippen molar-refractivity contribution in [3.63, 3.8) is 0 Å². The van der Waals surface area contributed by atoms with Gasteiger partial charge in [-0.25, -0.2) is 4.79 Å². The maximum atomic E-state index is 11.4. The van der Waals surface area contributed by atoms with Crippen LogP contribution in [0, 0.1) is 11.8 Å². The van der Waals surface area contributed by atoms with E-state index in [9.17, 15) is 14.4 Å². The van der Waals surface area contributed by atoms with Crippen LogP contribution in [0.25, 0.3) is 0 Å². The Bertz CT molecular complexity index is 360. The van der Waals surface area contributed by atoms with Crippen LogP contribution < -0.4 is 16.0 Å². The van der Waals surface area contributed by atoms with Crippen molar-refractivity contribution in [2.45, 2.75) is 32.6 Å². The highest BCUT2D eigenvalue weighted by Crippen LogP contribution is 2.29. The molecule has 0 aromatic carbocycles. The van der Waals surface area contributed by atoms with Gasteiger partial charge in [0.05, 0.1) is 12.5 Å². The number of carboxylic acid groups (broad SMARTS) is 1. The molecule has 0 saturated heterocycles. The largest absolute Gasteiger partial charge is 0.481 e. The smallest absolute Gasteiger partial charge is 0.321 e. The predicted molar refractivity (Wildman–Crippen MR) is 73.2 cm³/mol. The topological polar surface area (TPSA) is 108 Å². The van der Waals surface area contributed by atoms with E-state index < -0.39 is 17.9 Å². The predicted octanol–water partition coefficient (Wildman–Crippen LogP) is 0.313. The number of nitrogens with one attached hydrogen (secondary N) is 3. The highest BCUT2D eigenvalue weighted by molar-refractivity contribution is 5.95. The van der Waals surface area contributed by atoms with Crippen molar-refractivity contribution < 1.29 is 19.5 Å². The van der Waals surface area contributed by atoms with E-state index in [-0.39, 0.29) is 18.4 Å². The number of hydrogen-bond donors (Lipinski definition) is 4. The number of hydrogen-bond acceptors (Lipinski definition) is 4. The van der Waals surface area contributed by atoms with Gasteiger partial charge in [-0.3, -0.25) is 14.9 Å². The summed E-state index contributed by atoms with van der Waals surface area (Å²) in [5, 5.41) is 16.7. The molecule has 1 rings (SSSR count). The molecule has 114 valence electrons. The van der Waals surface area contributed by atoms with Crippen LogP contribution in [-0.4, -0.2) is 42.6 Å². The molecule has 0 aliphatic heterocycles. The van der Waals surface area contributed by atoms with E-state index in [1.54, 1.807) is 6.92 Å². The molecule has 0 aromatic rings. The Labute approximate surface area is 118 Å². The lowest BCUT2D eigenvalue weighted by atomic mass is 9.79. The zero-order valence-electron chi connectivity index (χ0n) is 11.8. The van der Waals surface area contributed by atoms with Crippen LogP contribution in [0.5, 0.6) is 0 Å². The van der Waals surface area contributed by atoms with E-state index in [1.165, 1.54) is 0 Å². The van der Waals surface area contributed by atoms with Crippen LogP contribution in [0.4, 0.5) is 4.79 Å². The van der Waals surface area contributed by atoms with Gasteiger partial charge in [-0.2, -0.15) is 0 Å². The molecular formula is C13H23N3O4. The fraction of sp³-hybridized carbons (Fsp3) is 0.769. The van der Waals surface area contributed by atoms with Crippen molar-refractivity contribution in [2.75, 3.05) is 19.6 Å². The monoisotopic (exact) mass is 285 g/mol. The summed E-state index contributed by atoms with van der Waals surface area (Å²) in [6.07, 6.45) is 3.54. The third-order valence-electron chi connectivity index (χ3n) is 3.51. The van der Waals surface area contributed by atoms with Gasteiger partial charge in [-0.15, -0.1) is 0 Å². The Morgan fingerprint density at radius 3 is 2.55 bits per heavy atom. The quantitative estimate of drug-likeness (QED) is 0.562. The third kappa shape index (κ3) is 5.56. The van der Waals surface area contributed by atoms with Gasteiger partial charge in [0.2, 0.25) is 5.91 Å². The molecule has 0 heterocycles. The number of aliphatic carboxylic acids is 1. The van der Waals surface area contributed by atoms with E-state index >= 15 is 0 Å². The molecule has 1 aliphatic carbocycles. The summed E-state index contributed by atoms with van der Waals surface area (Å²) >= 11 is 0.